The number of hydrogen-bond donors (Lipinski definition) is 1. The lowest BCUT2D eigenvalue weighted by Gasteiger charge is -2.42. The standard InChI is InChI=1S/C18H22N2O3S2/c1-11-2-5-15(10-16(11)20(22)23)19-17(21)12-8-13-3-4-14(9-12)18(13)24-6-7-25-18/h2,5,10,12-14H,3-4,6-9H2,1H3,(H,19,21). The van der Waals surface area contributed by atoms with Crippen LogP contribution in [0.1, 0.15) is 31.2 Å². The number of hydrogen-bond acceptors (Lipinski definition) is 5. The number of aryl methyl sites for hydroxylation is 1. The van der Waals surface area contributed by atoms with Gasteiger partial charge in [0.15, 0.2) is 0 Å². The average molecular weight is 379 g/mol. The molecule has 1 aliphatic heterocycles. The Morgan fingerprint density at radius 2 is 1.88 bits per heavy atom. The van der Waals surface area contributed by atoms with Gasteiger partial charge in [-0.15, -0.1) is 23.5 Å². The molecular weight excluding hydrogens is 356 g/mol. The molecule has 134 valence electrons. The minimum Gasteiger partial charge on any atom is -0.326 e. The molecule has 25 heavy (non-hydrogen) atoms. The van der Waals surface area contributed by atoms with Crippen LogP contribution in [0.4, 0.5) is 11.4 Å². The van der Waals surface area contributed by atoms with Crippen LogP contribution in [0, 0.1) is 34.8 Å². The van der Waals surface area contributed by atoms with Crippen LogP contribution in [0.15, 0.2) is 18.2 Å². The van der Waals surface area contributed by atoms with Gasteiger partial charge in [0.05, 0.1) is 9.00 Å². The number of anilines is 1. The molecule has 2 saturated carbocycles. The van der Waals surface area contributed by atoms with Gasteiger partial charge in [-0.1, -0.05) is 6.07 Å². The third-order valence-electron chi connectivity index (χ3n) is 5.92. The van der Waals surface area contributed by atoms with Gasteiger partial charge in [-0.25, -0.2) is 0 Å². The molecule has 2 unspecified atom stereocenters. The van der Waals surface area contributed by atoms with Gasteiger partial charge in [-0.2, -0.15) is 0 Å². The Morgan fingerprint density at radius 3 is 2.48 bits per heavy atom. The fraction of sp³-hybridized carbons (Fsp3) is 0.611. The number of rotatable bonds is 3. The molecule has 2 bridgehead atoms. The van der Waals surface area contributed by atoms with E-state index in [2.05, 4.69) is 28.8 Å². The van der Waals surface area contributed by atoms with Crippen molar-refractivity contribution in [2.24, 2.45) is 17.8 Å². The number of benzene rings is 1. The number of nitro benzene ring substituents is 1. The quantitative estimate of drug-likeness (QED) is 0.621. The van der Waals surface area contributed by atoms with E-state index in [1.165, 1.54) is 30.4 Å². The maximum Gasteiger partial charge on any atom is 0.274 e. The summed E-state index contributed by atoms with van der Waals surface area (Å²) in [5.74, 6) is 3.80. The van der Waals surface area contributed by atoms with Crippen molar-refractivity contribution >= 4 is 40.8 Å². The van der Waals surface area contributed by atoms with Gasteiger partial charge < -0.3 is 5.32 Å². The van der Waals surface area contributed by atoms with E-state index >= 15 is 0 Å². The lowest BCUT2D eigenvalue weighted by atomic mass is 9.79. The Labute approximate surface area is 155 Å². The van der Waals surface area contributed by atoms with Crippen molar-refractivity contribution in [2.75, 3.05) is 16.8 Å². The minimum atomic E-state index is -0.399. The number of nitrogens with zero attached hydrogens (tertiary/aromatic N) is 1. The van der Waals surface area contributed by atoms with E-state index in [-0.39, 0.29) is 17.5 Å². The molecule has 5 nitrogen and oxygen atoms in total. The number of carbonyl (C=O) groups is 1. The van der Waals surface area contributed by atoms with Crippen LogP contribution in [-0.2, 0) is 4.79 Å². The third-order valence-corrected chi connectivity index (χ3v) is 9.94. The maximum absolute atomic E-state index is 12.8. The van der Waals surface area contributed by atoms with Gasteiger partial charge in [-0.05, 0) is 50.5 Å². The van der Waals surface area contributed by atoms with E-state index in [1.54, 1.807) is 19.1 Å². The smallest absolute Gasteiger partial charge is 0.274 e. The van der Waals surface area contributed by atoms with E-state index in [0.29, 0.717) is 27.2 Å². The molecule has 0 radical (unpaired) electrons. The van der Waals surface area contributed by atoms with Gasteiger partial charge in [-0.3, -0.25) is 14.9 Å². The van der Waals surface area contributed by atoms with Crippen LogP contribution in [0.25, 0.3) is 0 Å². The number of nitrogens with one attached hydrogen (secondary N) is 1. The highest BCUT2D eigenvalue weighted by Gasteiger charge is 2.57. The number of carbonyl (C=O) groups excluding carboxylic acids is 1. The summed E-state index contributed by atoms with van der Waals surface area (Å²) in [7, 11) is 0. The topological polar surface area (TPSA) is 72.2 Å². The van der Waals surface area contributed by atoms with Crippen LogP contribution in [-0.4, -0.2) is 26.4 Å². The molecule has 1 saturated heterocycles. The molecule has 0 aromatic heterocycles. The summed E-state index contributed by atoms with van der Waals surface area (Å²) in [6.07, 6.45) is 4.39. The number of thioether (sulfide) groups is 2. The monoisotopic (exact) mass is 378 g/mol. The van der Waals surface area contributed by atoms with Gasteiger partial charge in [0.2, 0.25) is 5.91 Å². The summed E-state index contributed by atoms with van der Waals surface area (Å²) in [5, 5.41) is 14.0. The Bertz CT molecular complexity index is 702. The summed E-state index contributed by atoms with van der Waals surface area (Å²) in [5.41, 5.74) is 1.19. The van der Waals surface area contributed by atoms with Crippen molar-refractivity contribution in [3.63, 3.8) is 0 Å². The van der Waals surface area contributed by atoms with Gasteiger partial charge >= 0.3 is 0 Å². The predicted molar refractivity (Wildman–Crippen MR) is 103 cm³/mol. The lowest BCUT2D eigenvalue weighted by molar-refractivity contribution is -0.385. The molecule has 1 amide bonds. The molecule has 2 aliphatic carbocycles. The first-order valence-electron chi connectivity index (χ1n) is 8.83. The fourth-order valence-corrected chi connectivity index (χ4v) is 8.68. The summed E-state index contributed by atoms with van der Waals surface area (Å²) in [6, 6.07) is 4.91. The Balaban J connectivity index is 1.46. The van der Waals surface area contributed by atoms with E-state index < -0.39 is 4.92 Å². The van der Waals surface area contributed by atoms with Crippen molar-refractivity contribution in [3.05, 3.63) is 33.9 Å². The maximum atomic E-state index is 12.8. The fourth-order valence-electron chi connectivity index (χ4n) is 4.74. The molecule has 3 aliphatic rings. The molecule has 7 heteroatoms. The van der Waals surface area contributed by atoms with Gasteiger partial charge in [0.1, 0.15) is 0 Å². The largest absolute Gasteiger partial charge is 0.326 e. The first kappa shape index (κ1) is 17.2. The highest BCUT2D eigenvalue weighted by atomic mass is 32.2. The highest BCUT2D eigenvalue weighted by Crippen LogP contribution is 2.65. The SMILES string of the molecule is Cc1ccc(NC(=O)C2CC3CCC(C2)C32SCCS2)cc1[N+](=O)[O-]. The number of nitro groups is 1. The minimum absolute atomic E-state index is 0.0258. The zero-order valence-corrected chi connectivity index (χ0v) is 15.8. The zero-order valence-electron chi connectivity index (χ0n) is 14.2. The second-order valence-corrected chi connectivity index (χ2v) is 10.3. The molecular formula is C18H22N2O3S2. The summed E-state index contributed by atoms with van der Waals surface area (Å²) < 4.78 is 0.374. The summed E-state index contributed by atoms with van der Waals surface area (Å²) in [6.45, 7) is 1.71. The van der Waals surface area contributed by atoms with Crippen molar-refractivity contribution in [1.29, 1.82) is 0 Å². The molecule has 1 heterocycles. The van der Waals surface area contributed by atoms with E-state index in [1.807, 2.05) is 0 Å². The van der Waals surface area contributed by atoms with Crippen molar-refractivity contribution in [1.82, 2.24) is 0 Å². The Hall–Kier alpha value is -1.21. The average Bonchev–Trinajstić information content (AvgIpc) is 3.11. The van der Waals surface area contributed by atoms with Crippen molar-refractivity contribution in [3.8, 4) is 0 Å². The van der Waals surface area contributed by atoms with Gasteiger partial charge in [0, 0.05) is 34.7 Å². The zero-order chi connectivity index (χ0) is 17.6. The molecule has 1 N–H and O–H groups in total. The normalized spacial score (nSPS) is 29.7. The predicted octanol–water partition coefficient (Wildman–Crippen LogP) is 4.45. The van der Waals surface area contributed by atoms with Gasteiger partial charge in [0.25, 0.3) is 5.69 Å². The molecule has 1 aromatic rings. The lowest BCUT2D eigenvalue weighted by Crippen LogP contribution is -2.41. The van der Waals surface area contributed by atoms with Crippen LogP contribution >= 0.6 is 23.5 Å². The van der Waals surface area contributed by atoms with E-state index in [0.717, 1.165) is 12.8 Å². The molecule has 1 aromatic carbocycles. The summed E-state index contributed by atoms with van der Waals surface area (Å²) in [4.78, 5) is 23.4. The number of amides is 1. The van der Waals surface area contributed by atoms with Crippen LogP contribution in [0.3, 0.4) is 0 Å². The van der Waals surface area contributed by atoms with Crippen LogP contribution < -0.4 is 5.32 Å². The Kier molecular flexibility index (Phi) is 4.48. The van der Waals surface area contributed by atoms with E-state index in [4.69, 9.17) is 0 Å². The second-order valence-electron chi connectivity index (χ2n) is 7.31. The molecule has 3 fully saturated rings. The van der Waals surface area contributed by atoms with Crippen LogP contribution in [0.5, 0.6) is 0 Å². The van der Waals surface area contributed by atoms with E-state index in [9.17, 15) is 14.9 Å². The second kappa shape index (κ2) is 6.50. The van der Waals surface area contributed by atoms with Crippen LogP contribution in [0.2, 0.25) is 0 Å². The molecule has 2 atom stereocenters. The highest BCUT2D eigenvalue weighted by molar-refractivity contribution is 8.21. The van der Waals surface area contributed by atoms with Crippen molar-refractivity contribution < 1.29 is 9.72 Å². The first-order chi connectivity index (χ1) is 12.0. The first-order valence-corrected chi connectivity index (χ1v) is 10.8. The molecule has 4 rings (SSSR count). The summed E-state index contributed by atoms with van der Waals surface area (Å²) >= 11 is 4.25. The third kappa shape index (κ3) is 2.95. The Morgan fingerprint density at radius 1 is 1.24 bits per heavy atom. The molecule has 1 spiro atoms. The van der Waals surface area contributed by atoms with Crippen molar-refractivity contribution in [2.45, 2.75) is 36.7 Å².